The van der Waals surface area contributed by atoms with Crippen molar-refractivity contribution in [3.05, 3.63) is 0 Å². The Balaban J connectivity index is 1.18. The third-order valence-corrected chi connectivity index (χ3v) is 13.1. The highest BCUT2D eigenvalue weighted by molar-refractivity contribution is 5.18. The first-order valence-corrected chi connectivity index (χ1v) is 16.1. The summed E-state index contributed by atoms with van der Waals surface area (Å²) in [5.74, 6) is 0.848. The van der Waals surface area contributed by atoms with Gasteiger partial charge in [-0.3, -0.25) is 0 Å². The molecule has 15 atom stereocenters. The van der Waals surface area contributed by atoms with Crippen LogP contribution in [0.15, 0.2) is 0 Å². The Kier molecular flexibility index (Phi) is 8.35. The standard InChI is InChI=1S/C31H52O12/c1-27(2)18-6-9-29-10-16(4-5-19(29)28(18,3)8-7-20(27)34)31(12-29,14-33)43-25-23(37)22(36)21(35)17(42-25)11-40-26-24(38)30(39,13-32)15-41-26/h16-26,32-39H,4-15H2,1-3H3/t16-,17-,18-,19+,20-,21-,22+,23-,24+,25-,26-,28-,29+,30-,31+/m1/s1. The molecule has 0 aromatic rings. The maximum atomic E-state index is 10.9. The van der Waals surface area contributed by atoms with Gasteiger partial charge in [-0.2, -0.15) is 0 Å². The number of hydrogen-bond donors (Lipinski definition) is 8. The van der Waals surface area contributed by atoms with Gasteiger partial charge in [-0.25, -0.2) is 0 Å². The molecule has 0 aromatic carbocycles. The monoisotopic (exact) mass is 616 g/mol. The maximum absolute atomic E-state index is 10.9. The molecule has 8 N–H and O–H groups in total. The minimum absolute atomic E-state index is 0.0313. The van der Waals surface area contributed by atoms with Crippen molar-refractivity contribution in [2.75, 3.05) is 26.4 Å². The summed E-state index contributed by atoms with van der Waals surface area (Å²) in [7, 11) is 0. The van der Waals surface area contributed by atoms with Gasteiger partial charge < -0.3 is 59.8 Å². The van der Waals surface area contributed by atoms with E-state index >= 15 is 0 Å². The molecule has 4 saturated carbocycles. The van der Waals surface area contributed by atoms with Gasteiger partial charge >= 0.3 is 0 Å². The number of fused-ring (bicyclic) bond motifs is 3. The molecule has 6 aliphatic rings. The second-order valence-corrected chi connectivity index (χ2v) is 15.6. The zero-order valence-electron chi connectivity index (χ0n) is 25.5. The zero-order chi connectivity index (χ0) is 31.2. The second-order valence-electron chi connectivity index (χ2n) is 15.6. The molecule has 2 bridgehead atoms. The number of hydrogen-bond acceptors (Lipinski definition) is 12. The summed E-state index contributed by atoms with van der Waals surface area (Å²) < 4.78 is 23.3. The van der Waals surface area contributed by atoms with Gasteiger partial charge in [-0.15, -0.1) is 0 Å². The van der Waals surface area contributed by atoms with Gasteiger partial charge in [0.15, 0.2) is 12.6 Å². The lowest BCUT2D eigenvalue weighted by atomic mass is 9.41. The van der Waals surface area contributed by atoms with Gasteiger partial charge in [0.2, 0.25) is 0 Å². The molecule has 248 valence electrons. The van der Waals surface area contributed by atoms with E-state index < -0.39 is 60.9 Å². The van der Waals surface area contributed by atoms with Crippen molar-refractivity contribution in [3.8, 4) is 0 Å². The Hall–Kier alpha value is -0.480. The second kappa shape index (κ2) is 11.1. The number of aliphatic hydroxyl groups excluding tert-OH is 7. The SMILES string of the molecule is CC1(C)[C@H](O)CC[C@]2(C)[C@@H]1CC[C@@]13C[C@@H](CC[C@H]12)[C@](CO)(O[C@H]1O[C@H](CO[C@@H]2OC[C@](O)(CO)[C@H]2O)[C@@H](O)[C@H](O)[C@H]1O)C3. The van der Waals surface area contributed by atoms with E-state index in [1.165, 1.54) is 0 Å². The lowest BCUT2D eigenvalue weighted by molar-refractivity contribution is -0.340. The minimum atomic E-state index is -1.88. The van der Waals surface area contributed by atoms with Crippen LogP contribution in [0.2, 0.25) is 0 Å². The van der Waals surface area contributed by atoms with Gasteiger partial charge in [-0.05, 0) is 85.4 Å². The molecule has 0 radical (unpaired) electrons. The zero-order valence-corrected chi connectivity index (χ0v) is 25.5. The number of rotatable bonds is 7. The Morgan fingerprint density at radius 2 is 1.56 bits per heavy atom. The van der Waals surface area contributed by atoms with E-state index in [0.29, 0.717) is 18.3 Å². The molecule has 4 aliphatic carbocycles. The first-order chi connectivity index (χ1) is 20.2. The summed E-state index contributed by atoms with van der Waals surface area (Å²) in [6.07, 6.45) is -3.34. The first-order valence-electron chi connectivity index (χ1n) is 16.1. The average molecular weight is 617 g/mol. The smallest absolute Gasteiger partial charge is 0.187 e. The predicted octanol–water partition coefficient (Wildman–Crippen LogP) is -0.597. The lowest BCUT2D eigenvalue weighted by Crippen LogP contribution is -2.62. The Morgan fingerprint density at radius 1 is 0.814 bits per heavy atom. The van der Waals surface area contributed by atoms with Crippen molar-refractivity contribution in [2.45, 2.75) is 133 Å². The van der Waals surface area contributed by atoms with Crippen LogP contribution in [0.3, 0.4) is 0 Å². The molecule has 6 fully saturated rings. The van der Waals surface area contributed by atoms with E-state index in [4.69, 9.17) is 18.9 Å². The van der Waals surface area contributed by atoms with Crippen molar-refractivity contribution in [1.82, 2.24) is 0 Å². The highest BCUT2D eigenvalue weighted by Gasteiger charge is 2.69. The van der Waals surface area contributed by atoms with Crippen molar-refractivity contribution >= 4 is 0 Å². The van der Waals surface area contributed by atoms with E-state index in [0.717, 1.165) is 44.9 Å². The van der Waals surface area contributed by atoms with Crippen LogP contribution in [0.4, 0.5) is 0 Å². The van der Waals surface area contributed by atoms with Crippen LogP contribution in [-0.4, -0.2) is 128 Å². The van der Waals surface area contributed by atoms with E-state index in [1.807, 2.05) is 0 Å². The Bertz CT molecular complexity index is 1030. The topological polar surface area (TPSA) is 199 Å². The summed E-state index contributed by atoms with van der Waals surface area (Å²) in [6.45, 7) is 5.09. The quantitative estimate of drug-likeness (QED) is 0.181. The van der Waals surface area contributed by atoms with Crippen molar-refractivity contribution in [1.29, 1.82) is 0 Å². The molecule has 12 nitrogen and oxygen atoms in total. The van der Waals surface area contributed by atoms with Crippen LogP contribution < -0.4 is 0 Å². The van der Waals surface area contributed by atoms with Gasteiger partial charge in [0, 0.05) is 0 Å². The van der Waals surface area contributed by atoms with Crippen molar-refractivity contribution < 1.29 is 59.8 Å². The highest BCUT2D eigenvalue weighted by Crippen LogP contribution is 2.73. The molecule has 2 saturated heterocycles. The summed E-state index contributed by atoms with van der Waals surface area (Å²) in [5.41, 5.74) is -3.03. The van der Waals surface area contributed by atoms with Crippen molar-refractivity contribution in [3.63, 3.8) is 0 Å². The molecule has 0 aromatic heterocycles. The van der Waals surface area contributed by atoms with Crippen LogP contribution in [-0.2, 0) is 18.9 Å². The fourth-order valence-corrected chi connectivity index (χ4v) is 10.7. The van der Waals surface area contributed by atoms with Crippen LogP contribution in [0.5, 0.6) is 0 Å². The first kappa shape index (κ1) is 32.5. The van der Waals surface area contributed by atoms with Crippen LogP contribution in [0, 0.1) is 34.0 Å². The molecule has 1 spiro atoms. The van der Waals surface area contributed by atoms with Gasteiger partial charge in [0.05, 0.1) is 38.1 Å². The van der Waals surface area contributed by atoms with E-state index in [2.05, 4.69) is 20.8 Å². The Labute approximate surface area is 252 Å². The van der Waals surface area contributed by atoms with Gasteiger partial charge in [-0.1, -0.05) is 20.8 Å². The molecule has 0 unspecified atom stereocenters. The molecule has 6 rings (SSSR count). The van der Waals surface area contributed by atoms with Gasteiger partial charge in [0.25, 0.3) is 0 Å². The average Bonchev–Trinajstić information content (AvgIpc) is 3.39. The normalized spacial score (nSPS) is 56.0. The van der Waals surface area contributed by atoms with Crippen LogP contribution in [0.1, 0.15) is 72.1 Å². The maximum Gasteiger partial charge on any atom is 0.187 e. The third-order valence-electron chi connectivity index (χ3n) is 13.1. The minimum Gasteiger partial charge on any atom is -0.393 e. The largest absolute Gasteiger partial charge is 0.393 e. The van der Waals surface area contributed by atoms with Crippen molar-refractivity contribution in [2.24, 2.45) is 34.0 Å². The lowest BCUT2D eigenvalue weighted by Gasteiger charge is -2.64. The van der Waals surface area contributed by atoms with Crippen LogP contribution >= 0.6 is 0 Å². The molecule has 0 amide bonds. The summed E-state index contributed by atoms with van der Waals surface area (Å²) in [4.78, 5) is 0. The molecule has 2 heterocycles. The molecule has 12 heteroatoms. The third kappa shape index (κ3) is 4.86. The molecular weight excluding hydrogens is 564 g/mol. The summed E-state index contributed by atoms with van der Waals surface area (Å²) in [6, 6.07) is 0. The summed E-state index contributed by atoms with van der Waals surface area (Å²) >= 11 is 0. The van der Waals surface area contributed by atoms with Gasteiger partial charge in [0.1, 0.15) is 36.1 Å². The predicted molar refractivity (Wildman–Crippen MR) is 149 cm³/mol. The summed E-state index contributed by atoms with van der Waals surface area (Å²) in [5, 5.41) is 84.0. The van der Waals surface area contributed by atoms with E-state index in [9.17, 15) is 40.9 Å². The van der Waals surface area contributed by atoms with E-state index in [-0.39, 0.29) is 48.1 Å². The number of aliphatic hydroxyl groups is 8. The fourth-order valence-electron chi connectivity index (χ4n) is 10.7. The molecular formula is C31H52O12. The fraction of sp³-hybridized carbons (Fsp3) is 1.00. The van der Waals surface area contributed by atoms with Crippen LogP contribution in [0.25, 0.3) is 0 Å². The number of ether oxygens (including phenoxy) is 4. The molecule has 2 aliphatic heterocycles. The molecule has 43 heavy (non-hydrogen) atoms. The highest BCUT2D eigenvalue weighted by atomic mass is 16.7. The Morgan fingerprint density at radius 3 is 2.23 bits per heavy atom. The van der Waals surface area contributed by atoms with E-state index in [1.54, 1.807) is 0 Å².